The fourth-order valence-electron chi connectivity index (χ4n) is 1.74. The molecule has 0 spiro atoms. The molecule has 0 aromatic heterocycles. The van der Waals surface area contributed by atoms with Crippen molar-refractivity contribution in [3.05, 3.63) is 64.4 Å². The van der Waals surface area contributed by atoms with Crippen LogP contribution in [0.1, 0.15) is 16.5 Å². The number of alkyl halides is 1. The Labute approximate surface area is 115 Å². The van der Waals surface area contributed by atoms with Crippen LogP contribution in [0.4, 0.5) is 4.39 Å². The second kappa shape index (κ2) is 5.59. The summed E-state index contributed by atoms with van der Waals surface area (Å²) < 4.78 is 19.0. The summed E-state index contributed by atoms with van der Waals surface area (Å²) in [6, 6.07) is 11.6. The van der Waals surface area contributed by atoms with Crippen LogP contribution in [0.3, 0.4) is 0 Å². The van der Waals surface area contributed by atoms with Gasteiger partial charge in [-0.15, -0.1) is 11.6 Å². The number of rotatable bonds is 3. The van der Waals surface area contributed by atoms with Crippen molar-refractivity contribution < 1.29 is 9.13 Å². The Bertz CT molecular complexity index is 540. The third-order valence-electron chi connectivity index (χ3n) is 2.65. The van der Waals surface area contributed by atoms with Crippen molar-refractivity contribution in [1.29, 1.82) is 0 Å². The minimum absolute atomic E-state index is 0.337. The zero-order chi connectivity index (χ0) is 13.1. The lowest BCUT2D eigenvalue weighted by atomic mass is 10.0. The first-order valence-electron chi connectivity index (χ1n) is 5.35. The third-order valence-corrected chi connectivity index (χ3v) is 3.37. The normalized spacial score (nSPS) is 12.2. The number of methoxy groups -OCH3 is 1. The third kappa shape index (κ3) is 2.60. The quantitative estimate of drug-likeness (QED) is 0.735. The van der Waals surface area contributed by atoms with Crippen molar-refractivity contribution in [1.82, 2.24) is 0 Å². The average molecular weight is 285 g/mol. The summed E-state index contributed by atoms with van der Waals surface area (Å²) in [5, 5.41) is 0.00142. The predicted octanol–water partition coefficient (Wildman–Crippen LogP) is 4.82. The molecular weight excluding hydrogens is 274 g/mol. The highest BCUT2D eigenvalue weighted by molar-refractivity contribution is 6.30. The van der Waals surface area contributed by atoms with Crippen molar-refractivity contribution in [2.75, 3.05) is 7.11 Å². The molecule has 0 fully saturated rings. The monoisotopic (exact) mass is 284 g/mol. The summed E-state index contributed by atoms with van der Waals surface area (Å²) in [4.78, 5) is 0. The minimum atomic E-state index is -0.613. The van der Waals surface area contributed by atoms with Crippen molar-refractivity contribution in [2.24, 2.45) is 0 Å². The fourth-order valence-corrected chi connectivity index (χ4v) is 2.22. The highest BCUT2D eigenvalue weighted by Crippen LogP contribution is 2.37. The van der Waals surface area contributed by atoms with Crippen molar-refractivity contribution in [2.45, 2.75) is 5.38 Å². The SMILES string of the molecule is COc1cccc(F)c1C(Cl)c1ccc(Cl)cc1. The molecule has 0 radical (unpaired) electrons. The molecule has 0 aliphatic carbocycles. The smallest absolute Gasteiger partial charge is 0.131 e. The van der Waals surface area contributed by atoms with Crippen molar-refractivity contribution in [3.63, 3.8) is 0 Å². The Morgan fingerprint density at radius 1 is 1.11 bits per heavy atom. The first-order valence-corrected chi connectivity index (χ1v) is 6.17. The fraction of sp³-hybridized carbons (Fsp3) is 0.143. The second-order valence-corrected chi connectivity index (χ2v) is 4.64. The van der Waals surface area contributed by atoms with E-state index < -0.39 is 5.38 Å². The number of halogens is 3. The van der Waals surface area contributed by atoms with Gasteiger partial charge in [-0.25, -0.2) is 4.39 Å². The molecular formula is C14H11Cl2FO. The first kappa shape index (κ1) is 13.2. The maximum atomic E-state index is 13.9. The van der Waals surface area contributed by atoms with E-state index in [9.17, 15) is 4.39 Å². The predicted molar refractivity (Wildman–Crippen MR) is 72.1 cm³/mol. The van der Waals surface area contributed by atoms with Gasteiger partial charge in [0.25, 0.3) is 0 Å². The van der Waals surface area contributed by atoms with Crippen LogP contribution in [0.15, 0.2) is 42.5 Å². The topological polar surface area (TPSA) is 9.23 Å². The maximum absolute atomic E-state index is 13.9. The Morgan fingerprint density at radius 2 is 1.78 bits per heavy atom. The zero-order valence-corrected chi connectivity index (χ0v) is 11.2. The first-order chi connectivity index (χ1) is 8.63. The Balaban J connectivity index is 2.45. The lowest BCUT2D eigenvalue weighted by Gasteiger charge is -2.15. The van der Waals surface area contributed by atoms with E-state index in [0.717, 1.165) is 5.56 Å². The van der Waals surface area contributed by atoms with Gasteiger partial charge in [-0.3, -0.25) is 0 Å². The molecule has 0 saturated carbocycles. The van der Waals surface area contributed by atoms with Crippen LogP contribution in [0.5, 0.6) is 5.75 Å². The molecule has 0 bridgehead atoms. The molecule has 0 aliphatic rings. The van der Waals surface area contributed by atoms with E-state index in [2.05, 4.69) is 0 Å². The van der Waals surface area contributed by atoms with Crippen LogP contribution in [-0.2, 0) is 0 Å². The summed E-state index contributed by atoms with van der Waals surface area (Å²) in [6.07, 6.45) is 0. The number of hydrogen-bond donors (Lipinski definition) is 0. The van der Waals surface area contributed by atoms with Gasteiger partial charge in [0.1, 0.15) is 11.6 Å². The van der Waals surface area contributed by atoms with E-state index >= 15 is 0 Å². The lowest BCUT2D eigenvalue weighted by molar-refractivity contribution is 0.405. The summed E-state index contributed by atoms with van der Waals surface area (Å²) in [5.41, 5.74) is 1.11. The molecule has 0 saturated heterocycles. The molecule has 0 N–H and O–H groups in total. The van der Waals surface area contributed by atoms with Gasteiger partial charge in [-0.1, -0.05) is 29.8 Å². The molecule has 0 amide bonds. The van der Waals surface area contributed by atoms with E-state index in [1.54, 1.807) is 36.4 Å². The van der Waals surface area contributed by atoms with Gasteiger partial charge in [0, 0.05) is 5.02 Å². The van der Waals surface area contributed by atoms with Crippen LogP contribution in [0, 0.1) is 5.82 Å². The number of ether oxygens (including phenoxy) is 1. The molecule has 1 atom stereocenters. The van der Waals surface area contributed by atoms with E-state index in [-0.39, 0.29) is 5.82 Å². The van der Waals surface area contributed by atoms with E-state index in [1.165, 1.54) is 13.2 Å². The van der Waals surface area contributed by atoms with Crippen LogP contribution >= 0.6 is 23.2 Å². The minimum Gasteiger partial charge on any atom is -0.496 e. The van der Waals surface area contributed by atoms with Gasteiger partial charge in [-0.05, 0) is 29.8 Å². The Kier molecular flexibility index (Phi) is 4.10. The Hall–Kier alpha value is -1.25. The van der Waals surface area contributed by atoms with Crippen LogP contribution in [0.25, 0.3) is 0 Å². The van der Waals surface area contributed by atoms with Gasteiger partial charge in [0.15, 0.2) is 0 Å². The van der Waals surface area contributed by atoms with E-state index in [0.29, 0.717) is 16.3 Å². The molecule has 1 unspecified atom stereocenters. The van der Waals surface area contributed by atoms with Crippen molar-refractivity contribution in [3.8, 4) is 5.75 Å². The largest absolute Gasteiger partial charge is 0.496 e. The standard InChI is InChI=1S/C14H11Cl2FO/c1-18-12-4-2-3-11(17)13(12)14(16)9-5-7-10(15)8-6-9/h2-8,14H,1H3. The summed E-state index contributed by atoms with van der Waals surface area (Å²) in [6.45, 7) is 0. The highest BCUT2D eigenvalue weighted by atomic mass is 35.5. The molecule has 0 heterocycles. The molecule has 18 heavy (non-hydrogen) atoms. The molecule has 0 aliphatic heterocycles. The van der Waals surface area contributed by atoms with E-state index in [4.69, 9.17) is 27.9 Å². The van der Waals surface area contributed by atoms with Crippen molar-refractivity contribution >= 4 is 23.2 Å². The zero-order valence-electron chi connectivity index (χ0n) is 9.66. The molecule has 2 aromatic rings. The lowest BCUT2D eigenvalue weighted by Crippen LogP contribution is -2.00. The van der Waals surface area contributed by atoms with Crippen LogP contribution in [0.2, 0.25) is 5.02 Å². The maximum Gasteiger partial charge on any atom is 0.131 e. The van der Waals surface area contributed by atoms with Gasteiger partial charge in [0.2, 0.25) is 0 Å². The van der Waals surface area contributed by atoms with Crippen LogP contribution < -0.4 is 4.74 Å². The number of benzene rings is 2. The summed E-state index contributed by atoms with van der Waals surface area (Å²) in [5.74, 6) is 0.0502. The molecule has 4 heteroatoms. The summed E-state index contributed by atoms with van der Waals surface area (Å²) in [7, 11) is 1.49. The molecule has 94 valence electrons. The van der Waals surface area contributed by atoms with Gasteiger partial charge in [0.05, 0.1) is 18.1 Å². The van der Waals surface area contributed by atoms with Crippen LogP contribution in [-0.4, -0.2) is 7.11 Å². The molecule has 2 aromatic carbocycles. The highest BCUT2D eigenvalue weighted by Gasteiger charge is 2.19. The average Bonchev–Trinajstić information content (AvgIpc) is 2.38. The Morgan fingerprint density at radius 3 is 2.39 bits per heavy atom. The molecule has 2 rings (SSSR count). The molecule has 1 nitrogen and oxygen atoms in total. The number of hydrogen-bond acceptors (Lipinski definition) is 1. The summed E-state index contributed by atoms with van der Waals surface area (Å²) >= 11 is 12.1. The van der Waals surface area contributed by atoms with Gasteiger partial charge < -0.3 is 4.74 Å². The second-order valence-electron chi connectivity index (χ2n) is 3.77. The van der Waals surface area contributed by atoms with Gasteiger partial charge >= 0.3 is 0 Å². The van der Waals surface area contributed by atoms with Gasteiger partial charge in [-0.2, -0.15) is 0 Å². The van der Waals surface area contributed by atoms with E-state index in [1.807, 2.05) is 0 Å².